The van der Waals surface area contributed by atoms with Crippen LogP contribution in [0.1, 0.15) is 16.4 Å². The molecular formula is C14H14N7O3+. The fraction of sp³-hybridized carbons (Fsp3) is 0.143. The van der Waals surface area contributed by atoms with Crippen molar-refractivity contribution in [3.05, 3.63) is 42.7 Å². The minimum absolute atomic E-state index is 0.0369. The zero-order valence-corrected chi connectivity index (χ0v) is 12.4. The molecule has 0 spiro atoms. The van der Waals surface area contributed by atoms with Gasteiger partial charge in [0.1, 0.15) is 17.4 Å². The number of amides is 1. The molecule has 24 heavy (non-hydrogen) atoms. The third kappa shape index (κ3) is 2.72. The van der Waals surface area contributed by atoms with Crippen molar-refractivity contribution in [1.29, 1.82) is 0 Å². The number of primary amides is 1. The summed E-state index contributed by atoms with van der Waals surface area (Å²) < 4.78 is 2.97. The van der Waals surface area contributed by atoms with Gasteiger partial charge in [-0.2, -0.15) is 4.57 Å². The Kier molecular flexibility index (Phi) is 3.78. The molecule has 1 amide bonds. The molecule has 10 heteroatoms. The Balaban J connectivity index is 2.00. The highest BCUT2D eigenvalue weighted by atomic mass is 16.4. The molecule has 0 saturated carbocycles. The van der Waals surface area contributed by atoms with E-state index >= 15 is 0 Å². The fourth-order valence-electron chi connectivity index (χ4n) is 2.35. The van der Waals surface area contributed by atoms with Gasteiger partial charge in [0.05, 0.1) is 12.9 Å². The molecule has 0 aliphatic carbocycles. The first-order chi connectivity index (χ1) is 11.5. The lowest BCUT2D eigenvalue weighted by atomic mass is 10.2. The van der Waals surface area contributed by atoms with Gasteiger partial charge in [0.2, 0.25) is 0 Å². The van der Waals surface area contributed by atoms with Crippen LogP contribution in [0, 0.1) is 0 Å². The maximum Gasteiger partial charge on any atom is 0.375 e. The molecule has 0 bridgehead atoms. The van der Waals surface area contributed by atoms with E-state index in [9.17, 15) is 14.7 Å². The van der Waals surface area contributed by atoms with Crippen LogP contribution in [0.2, 0.25) is 0 Å². The van der Waals surface area contributed by atoms with Crippen LogP contribution in [-0.4, -0.2) is 36.5 Å². The normalized spacial score (nSPS) is 12.2. The van der Waals surface area contributed by atoms with E-state index in [2.05, 4.69) is 15.0 Å². The van der Waals surface area contributed by atoms with E-state index < -0.39 is 17.9 Å². The monoisotopic (exact) mass is 328 g/mol. The van der Waals surface area contributed by atoms with Gasteiger partial charge in [0, 0.05) is 6.07 Å². The number of nitrogens with zero attached hydrogens (tertiary/aromatic N) is 5. The SMILES string of the molecule is NC(=O)c1ccc[n+](C(Cn2cnc3c(N)ncnc32)C(=O)O)c1. The predicted molar refractivity (Wildman–Crippen MR) is 81.6 cm³/mol. The molecule has 5 N–H and O–H groups in total. The summed E-state index contributed by atoms with van der Waals surface area (Å²) in [5, 5.41) is 9.55. The summed E-state index contributed by atoms with van der Waals surface area (Å²) in [6.45, 7) is 0.0369. The maximum absolute atomic E-state index is 11.7. The average molecular weight is 328 g/mol. The zero-order valence-electron chi connectivity index (χ0n) is 12.4. The Bertz CT molecular complexity index is 937. The number of nitrogens with two attached hydrogens (primary N) is 2. The second-order valence-electron chi connectivity index (χ2n) is 5.09. The largest absolute Gasteiger partial charge is 0.476 e. The van der Waals surface area contributed by atoms with E-state index in [-0.39, 0.29) is 17.9 Å². The molecule has 3 aromatic heterocycles. The van der Waals surface area contributed by atoms with Gasteiger partial charge in [-0.15, -0.1) is 0 Å². The van der Waals surface area contributed by atoms with Gasteiger partial charge < -0.3 is 21.1 Å². The molecule has 3 heterocycles. The van der Waals surface area contributed by atoms with Gasteiger partial charge in [0.15, 0.2) is 23.9 Å². The maximum atomic E-state index is 11.7. The van der Waals surface area contributed by atoms with Gasteiger partial charge in [-0.3, -0.25) is 4.79 Å². The number of fused-ring (bicyclic) bond motifs is 1. The number of carbonyl (C=O) groups is 2. The molecule has 0 saturated heterocycles. The summed E-state index contributed by atoms with van der Waals surface area (Å²) in [5.41, 5.74) is 12.0. The van der Waals surface area contributed by atoms with Crippen molar-refractivity contribution >= 4 is 28.9 Å². The third-order valence-corrected chi connectivity index (χ3v) is 3.55. The summed E-state index contributed by atoms with van der Waals surface area (Å²) in [6.07, 6.45) is 5.67. The Morgan fingerprint density at radius 2 is 2.12 bits per heavy atom. The summed E-state index contributed by atoms with van der Waals surface area (Å²) in [4.78, 5) is 35.0. The second kappa shape index (κ2) is 5.91. The highest BCUT2D eigenvalue weighted by Crippen LogP contribution is 2.16. The molecular weight excluding hydrogens is 314 g/mol. The van der Waals surface area contributed by atoms with Crippen LogP contribution >= 0.6 is 0 Å². The van der Waals surface area contributed by atoms with Crippen LogP contribution < -0.4 is 16.0 Å². The topological polar surface area (TPSA) is 154 Å². The molecule has 0 aliphatic heterocycles. The molecule has 0 aromatic carbocycles. The third-order valence-electron chi connectivity index (χ3n) is 3.55. The van der Waals surface area contributed by atoms with E-state index in [4.69, 9.17) is 11.5 Å². The number of hydrogen-bond donors (Lipinski definition) is 3. The zero-order chi connectivity index (χ0) is 17.3. The van der Waals surface area contributed by atoms with Crippen LogP contribution in [-0.2, 0) is 11.3 Å². The van der Waals surface area contributed by atoms with E-state index in [1.807, 2.05) is 0 Å². The Morgan fingerprint density at radius 3 is 2.83 bits per heavy atom. The summed E-state index contributed by atoms with van der Waals surface area (Å²) in [7, 11) is 0. The Morgan fingerprint density at radius 1 is 1.33 bits per heavy atom. The van der Waals surface area contributed by atoms with Gasteiger partial charge in [-0.25, -0.2) is 19.7 Å². The highest BCUT2D eigenvalue weighted by Gasteiger charge is 2.29. The van der Waals surface area contributed by atoms with Crippen molar-refractivity contribution in [3.8, 4) is 0 Å². The van der Waals surface area contributed by atoms with Crippen LogP contribution in [0.15, 0.2) is 37.2 Å². The van der Waals surface area contributed by atoms with E-state index in [1.54, 1.807) is 16.8 Å². The van der Waals surface area contributed by atoms with Crippen LogP contribution in [0.25, 0.3) is 11.2 Å². The number of carboxylic acid groups (broad SMARTS) is 1. The molecule has 122 valence electrons. The van der Waals surface area contributed by atoms with Gasteiger partial charge in [0.25, 0.3) is 11.9 Å². The minimum Gasteiger partial charge on any atom is -0.476 e. The lowest BCUT2D eigenvalue weighted by Crippen LogP contribution is -2.46. The van der Waals surface area contributed by atoms with Crippen LogP contribution in [0.5, 0.6) is 0 Å². The molecule has 0 fully saturated rings. The fourth-order valence-corrected chi connectivity index (χ4v) is 2.35. The van der Waals surface area contributed by atoms with Crippen molar-refractivity contribution in [3.63, 3.8) is 0 Å². The number of carboxylic acids is 1. The second-order valence-corrected chi connectivity index (χ2v) is 5.09. The van der Waals surface area contributed by atoms with Crippen molar-refractivity contribution in [2.24, 2.45) is 5.73 Å². The quantitative estimate of drug-likeness (QED) is 0.514. The van der Waals surface area contributed by atoms with Crippen molar-refractivity contribution in [1.82, 2.24) is 19.5 Å². The number of rotatable bonds is 5. The number of nitrogen functional groups attached to an aromatic ring is 1. The number of pyridine rings is 1. The summed E-state index contributed by atoms with van der Waals surface area (Å²) in [6, 6.07) is 2.08. The number of imidazole rings is 1. The van der Waals surface area contributed by atoms with Crippen LogP contribution in [0.4, 0.5) is 5.82 Å². The first kappa shape index (κ1) is 15.3. The van der Waals surface area contributed by atoms with Gasteiger partial charge in [-0.05, 0) is 6.07 Å². The Hall–Kier alpha value is -3.56. The molecule has 10 nitrogen and oxygen atoms in total. The summed E-state index contributed by atoms with van der Waals surface area (Å²) in [5.74, 6) is -1.50. The first-order valence-corrected chi connectivity index (χ1v) is 6.92. The number of anilines is 1. The van der Waals surface area contributed by atoms with E-state index in [0.717, 1.165) is 0 Å². The van der Waals surface area contributed by atoms with Crippen molar-refractivity contribution < 1.29 is 19.3 Å². The predicted octanol–water partition coefficient (Wildman–Crippen LogP) is -0.879. The molecule has 1 unspecified atom stereocenters. The average Bonchev–Trinajstić information content (AvgIpc) is 2.97. The lowest BCUT2D eigenvalue weighted by molar-refractivity contribution is -0.712. The minimum atomic E-state index is -1.08. The van der Waals surface area contributed by atoms with Crippen molar-refractivity contribution in [2.45, 2.75) is 12.6 Å². The first-order valence-electron chi connectivity index (χ1n) is 6.92. The standard InChI is InChI=1S/C14H13N7O3/c15-11-10-13(18-6-17-11)21(7-19-10)5-9(14(23)24)20-3-1-2-8(4-20)12(16)22/h1-4,6-7,9H,5H2,(H4-,15,16,17,18,22,23,24)/p+1. The van der Waals surface area contributed by atoms with Gasteiger partial charge >= 0.3 is 5.97 Å². The molecule has 3 rings (SSSR count). The van der Waals surface area contributed by atoms with Crippen molar-refractivity contribution in [2.75, 3.05) is 5.73 Å². The lowest BCUT2D eigenvalue weighted by Gasteiger charge is -2.10. The summed E-state index contributed by atoms with van der Waals surface area (Å²) >= 11 is 0. The number of hydrogen-bond acceptors (Lipinski definition) is 6. The smallest absolute Gasteiger partial charge is 0.375 e. The van der Waals surface area contributed by atoms with Gasteiger partial charge in [-0.1, -0.05) is 0 Å². The number of aliphatic carboxylic acids is 1. The molecule has 0 aliphatic rings. The molecule has 3 aromatic rings. The van der Waals surface area contributed by atoms with E-state index in [0.29, 0.717) is 11.2 Å². The van der Waals surface area contributed by atoms with Crippen LogP contribution in [0.3, 0.4) is 0 Å². The highest BCUT2D eigenvalue weighted by molar-refractivity contribution is 5.92. The molecule has 1 atom stereocenters. The molecule has 0 radical (unpaired) electrons. The Labute approximate surface area is 135 Å². The number of carbonyl (C=O) groups excluding carboxylic acids is 1. The number of aromatic nitrogens is 5. The van der Waals surface area contributed by atoms with E-state index in [1.165, 1.54) is 29.5 Å².